The lowest BCUT2D eigenvalue weighted by atomic mass is 10.3. The SMILES string of the molecule is Cc1nn(C)c(Oc2ccc(Oc3ccc(OCC=C(Cl)Cl)cc3)cc2)c1Cl. The average molecular weight is 440 g/mol. The van der Waals surface area contributed by atoms with E-state index in [1.165, 1.54) is 0 Å². The Bertz CT molecular complexity index is 964. The fraction of sp³-hybridized carbons (Fsp3) is 0.150. The molecule has 0 aliphatic rings. The van der Waals surface area contributed by atoms with Gasteiger partial charge in [0.1, 0.15) is 39.1 Å². The van der Waals surface area contributed by atoms with Crippen LogP contribution in [0.4, 0.5) is 0 Å². The minimum Gasteiger partial charge on any atom is -0.489 e. The molecule has 0 amide bonds. The molecule has 0 aliphatic carbocycles. The van der Waals surface area contributed by atoms with Crippen LogP contribution >= 0.6 is 34.8 Å². The van der Waals surface area contributed by atoms with Crippen molar-refractivity contribution in [3.63, 3.8) is 0 Å². The standard InChI is InChI=1S/C20H17Cl3N2O3/c1-13-19(23)20(25(2)24-13)28-17-9-7-16(8-10-17)27-15-5-3-14(4-6-15)26-12-11-18(21)22/h3-11H,12H2,1-2H3. The van der Waals surface area contributed by atoms with Gasteiger partial charge in [-0.1, -0.05) is 34.8 Å². The van der Waals surface area contributed by atoms with Crippen LogP contribution in [0.25, 0.3) is 0 Å². The van der Waals surface area contributed by atoms with E-state index >= 15 is 0 Å². The van der Waals surface area contributed by atoms with Gasteiger partial charge in [-0.3, -0.25) is 0 Å². The maximum atomic E-state index is 6.20. The molecule has 0 saturated carbocycles. The zero-order chi connectivity index (χ0) is 20.1. The maximum Gasteiger partial charge on any atom is 0.236 e. The number of hydrogen-bond acceptors (Lipinski definition) is 4. The van der Waals surface area contributed by atoms with Gasteiger partial charge in [-0.15, -0.1) is 0 Å². The number of aryl methyl sites for hydroxylation is 2. The Morgan fingerprint density at radius 1 is 0.929 bits per heavy atom. The molecule has 5 nitrogen and oxygen atoms in total. The van der Waals surface area contributed by atoms with Gasteiger partial charge in [-0.2, -0.15) is 5.10 Å². The molecule has 28 heavy (non-hydrogen) atoms. The van der Waals surface area contributed by atoms with Gasteiger partial charge in [-0.25, -0.2) is 4.68 Å². The third-order valence-corrected chi connectivity index (χ3v) is 4.43. The van der Waals surface area contributed by atoms with Crippen molar-refractivity contribution in [1.82, 2.24) is 9.78 Å². The first kappa shape index (κ1) is 20.4. The third-order valence-electron chi connectivity index (χ3n) is 3.68. The maximum absolute atomic E-state index is 6.20. The first-order valence-electron chi connectivity index (χ1n) is 8.31. The van der Waals surface area contributed by atoms with Gasteiger partial charge >= 0.3 is 0 Å². The lowest BCUT2D eigenvalue weighted by molar-refractivity contribution is 0.362. The number of halogens is 3. The third kappa shape index (κ3) is 5.35. The summed E-state index contributed by atoms with van der Waals surface area (Å²) in [6.45, 7) is 2.12. The summed E-state index contributed by atoms with van der Waals surface area (Å²) in [6, 6.07) is 14.4. The van der Waals surface area contributed by atoms with Crippen LogP contribution in [-0.2, 0) is 7.05 Å². The Morgan fingerprint density at radius 2 is 1.43 bits per heavy atom. The molecule has 0 spiro atoms. The molecule has 0 fully saturated rings. The van der Waals surface area contributed by atoms with Gasteiger partial charge in [0.2, 0.25) is 5.88 Å². The molecule has 3 rings (SSSR count). The summed E-state index contributed by atoms with van der Waals surface area (Å²) in [5, 5.41) is 4.72. The van der Waals surface area contributed by atoms with Crippen molar-refractivity contribution < 1.29 is 14.2 Å². The molecule has 0 radical (unpaired) electrons. The Balaban J connectivity index is 1.60. The second kappa shape index (κ2) is 9.24. The first-order chi connectivity index (χ1) is 13.4. The topological polar surface area (TPSA) is 45.5 Å². The molecule has 8 heteroatoms. The Kier molecular flexibility index (Phi) is 6.73. The van der Waals surface area contributed by atoms with Crippen molar-refractivity contribution in [1.29, 1.82) is 0 Å². The monoisotopic (exact) mass is 438 g/mol. The highest BCUT2D eigenvalue weighted by Crippen LogP contribution is 2.32. The predicted molar refractivity (Wildman–Crippen MR) is 111 cm³/mol. The van der Waals surface area contributed by atoms with E-state index in [2.05, 4.69) is 5.10 Å². The van der Waals surface area contributed by atoms with Gasteiger partial charge in [0.15, 0.2) is 0 Å². The number of benzene rings is 2. The van der Waals surface area contributed by atoms with Crippen molar-refractivity contribution in [2.45, 2.75) is 6.92 Å². The number of hydrogen-bond donors (Lipinski definition) is 0. The lowest BCUT2D eigenvalue weighted by Gasteiger charge is -2.09. The lowest BCUT2D eigenvalue weighted by Crippen LogP contribution is -1.95. The summed E-state index contributed by atoms with van der Waals surface area (Å²) in [6.07, 6.45) is 1.57. The van der Waals surface area contributed by atoms with E-state index in [-0.39, 0.29) is 4.49 Å². The van der Waals surface area contributed by atoms with Crippen LogP contribution < -0.4 is 14.2 Å². The Labute approximate surface area is 178 Å². The minimum atomic E-state index is 0.174. The summed E-state index contributed by atoms with van der Waals surface area (Å²) < 4.78 is 18.9. The highest BCUT2D eigenvalue weighted by molar-refractivity contribution is 6.55. The Hall–Kier alpha value is -2.34. The van der Waals surface area contributed by atoms with Crippen molar-refractivity contribution >= 4 is 34.8 Å². The van der Waals surface area contributed by atoms with Crippen molar-refractivity contribution in [3.05, 3.63) is 69.8 Å². The first-order valence-corrected chi connectivity index (χ1v) is 9.44. The van der Waals surface area contributed by atoms with E-state index in [9.17, 15) is 0 Å². The number of aromatic nitrogens is 2. The van der Waals surface area contributed by atoms with E-state index in [0.717, 1.165) is 0 Å². The average Bonchev–Trinajstić information content (AvgIpc) is 2.90. The smallest absolute Gasteiger partial charge is 0.236 e. The van der Waals surface area contributed by atoms with Crippen molar-refractivity contribution in [3.8, 4) is 28.9 Å². The van der Waals surface area contributed by atoms with Gasteiger partial charge < -0.3 is 14.2 Å². The van der Waals surface area contributed by atoms with E-state index in [1.54, 1.807) is 42.1 Å². The number of ether oxygens (including phenoxy) is 3. The van der Waals surface area contributed by atoms with Crippen molar-refractivity contribution in [2.24, 2.45) is 7.05 Å². The molecule has 0 saturated heterocycles. The fourth-order valence-electron chi connectivity index (χ4n) is 2.35. The number of rotatable bonds is 7. The molecular weight excluding hydrogens is 423 g/mol. The molecule has 0 aliphatic heterocycles. The second-order valence-corrected chi connectivity index (χ2v) is 7.17. The molecule has 146 valence electrons. The quantitative estimate of drug-likeness (QED) is 0.413. The summed E-state index contributed by atoms with van der Waals surface area (Å²) in [7, 11) is 1.78. The van der Waals surface area contributed by atoms with E-state index < -0.39 is 0 Å². The summed E-state index contributed by atoms with van der Waals surface area (Å²) >= 11 is 17.3. The normalized spacial score (nSPS) is 10.5. The van der Waals surface area contributed by atoms with Gasteiger partial charge in [0.05, 0.1) is 5.69 Å². The molecule has 1 heterocycles. The van der Waals surface area contributed by atoms with Gasteiger partial charge in [0, 0.05) is 7.05 Å². The molecule has 3 aromatic rings. The van der Waals surface area contributed by atoms with Crippen LogP contribution in [-0.4, -0.2) is 16.4 Å². The zero-order valence-electron chi connectivity index (χ0n) is 15.2. The molecule has 2 aromatic carbocycles. The highest BCUT2D eigenvalue weighted by Gasteiger charge is 2.13. The van der Waals surface area contributed by atoms with Gasteiger partial charge in [-0.05, 0) is 61.5 Å². The molecule has 0 N–H and O–H groups in total. The molecule has 0 bridgehead atoms. The van der Waals surface area contributed by atoms with Gasteiger partial charge in [0.25, 0.3) is 0 Å². The number of nitrogens with zero attached hydrogens (tertiary/aromatic N) is 2. The zero-order valence-corrected chi connectivity index (χ0v) is 17.4. The van der Waals surface area contributed by atoms with Crippen molar-refractivity contribution in [2.75, 3.05) is 6.61 Å². The molecule has 0 unspecified atom stereocenters. The van der Waals surface area contributed by atoms with Crippen LogP contribution in [0.2, 0.25) is 5.02 Å². The van der Waals surface area contributed by atoms with E-state index in [0.29, 0.717) is 46.2 Å². The minimum absolute atomic E-state index is 0.174. The van der Waals surface area contributed by atoms with Crippen LogP contribution in [0.15, 0.2) is 59.1 Å². The molecular formula is C20H17Cl3N2O3. The summed E-state index contributed by atoms with van der Waals surface area (Å²) in [5.74, 6) is 3.16. The largest absolute Gasteiger partial charge is 0.489 e. The molecule has 0 atom stereocenters. The van der Waals surface area contributed by atoms with E-state index in [4.69, 9.17) is 49.0 Å². The van der Waals surface area contributed by atoms with Crippen LogP contribution in [0, 0.1) is 6.92 Å². The molecule has 1 aromatic heterocycles. The van der Waals surface area contributed by atoms with Crippen LogP contribution in [0.1, 0.15) is 5.69 Å². The summed E-state index contributed by atoms with van der Waals surface area (Å²) in [5.41, 5.74) is 0.716. The second-order valence-electron chi connectivity index (χ2n) is 5.78. The summed E-state index contributed by atoms with van der Waals surface area (Å²) in [4.78, 5) is 0. The van der Waals surface area contributed by atoms with Crippen LogP contribution in [0.3, 0.4) is 0 Å². The Morgan fingerprint density at radius 3 is 1.89 bits per heavy atom. The predicted octanol–water partition coefficient (Wildman–Crippen LogP) is 6.66. The highest BCUT2D eigenvalue weighted by atomic mass is 35.5. The fourth-order valence-corrected chi connectivity index (χ4v) is 2.67. The van der Waals surface area contributed by atoms with Crippen LogP contribution in [0.5, 0.6) is 28.9 Å². The van der Waals surface area contributed by atoms with E-state index in [1.807, 2.05) is 31.2 Å².